The van der Waals surface area contributed by atoms with Gasteiger partial charge < -0.3 is 0 Å². The Morgan fingerprint density at radius 2 is 2.12 bits per heavy atom. The average molecular weight is 229 g/mol. The molecule has 1 nitrogen and oxygen atoms in total. The first-order valence-corrected chi connectivity index (χ1v) is 7.05. The quantitative estimate of drug-likeness (QED) is 0.594. The summed E-state index contributed by atoms with van der Waals surface area (Å²) < 4.78 is 0. The van der Waals surface area contributed by atoms with Crippen LogP contribution in [0.3, 0.4) is 0 Å². The third-order valence-corrected chi connectivity index (χ3v) is 4.26. The Morgan fingerprint density at radius 1 is 1.29 bits per heavy atom. The Kier molecular flexibility index (Phi) is 4.05. The SMILES string of the molecule is CC1CCC/C(=C(/C#N)C2=CCCCC2C)C1. The monoisotopic (exact) mass is 229 g/mol. The molecule has 0 heterocycles. The molecule has 0 amide bonds. The first-order valence-electron chi connectivity index (χ1n) is 7.05. The predicted molar refractivity (Wildman–Crippen MR) is 71.4 cm³/mol. The van der Waals surface area contributed by atoms with Gasteiger partial charge in [-0.3, -0.25) is 0 Å². The Bertz CT molecular complexity index is 381. The van der Waals surface area contributed by atoms with E-state index in [2.05, 4.69) is 26.0 Å². The van der Waals surface area contributed by atoms with Crippen molar-refractivity contribution in [3.63, 3.8) is 0 Å². The van der Waals surface area contributed by atoms with Crippen molar-refractivity contribution < 1.29 is 0 Å². The summed E-state index contributed by atoms with van der Waals surface area (Å²) in [7, 11) is 0. The van der Waals surface area contributed by atoms with Crippen molar-refractivity contribution in [3.05, 3.63) is 22.8 Å². The molecule has 0 saturated heterocycles. The predicted octanol–water partition coefficient (Wildman–Crippen LogP) is 4.76. The average Bonchev–Trinajstić information content (AvgIpc) is 2.33. The van der Waals surface area contributed by atoms with Gasteiger partial charge in [-0.2, -0.15) is 5.26 Å². The third kappa shape index (κ3) is 2.80. The zero-order chi connectivity index (χ0) is 12.3. The second kappa shape index (κ2) is 5.54. The smallest absolute Gasteiger partial charge is 0.0994 e. The minimum Gasteiger partial charge on any atom is -0.192 e. The molecule has 92 valence electrons. The number of hydrogen-bond acceptors (Lipinski definition) is 1. The minimum absolute atomic E-state index is 0.586. The second-order valence-corrected chi connectivity index (χ2v) is 5.78. The van der Waals surface area contributed by atoms with Crippen molar-refractivity contribution in [2.75, 3.05) is 0 Å². The van der Waals surface area contributed by atoms with E-state index < -0.39 is 0 Å². The summed E-state index contributed by atoms with van der Waals surface area (Å²) >= 11 is 0. The van der Waals surface area contributed by atoms with Crippen LogP contribution in [0.15, 0.2) is 22.8 Å². The lowest BCUT2D eigenvalue weighted by Crippen LogP contribution is -2.12. The molecule has 0 radical (unpaired) electrons. The first-order chi connectivity index (χ1) is 8.22. The van der Waals surface area contributed by atoms with Gasteiger partial charge in [0.05, 0.1) is 11.6 Å². The third-order valence-electron chi connectivity index (χ3n) is 4.26. The highest BCUT2D eigenvalue weighted by Crippen LogP contribution is 2.36. The standard InChI is InChI=1S/C16H23N/c1-12-6-5-8-14(10-12)16(11-17)15-9-4-3-7-13(15)2/h9,12-13H,3-8,10H2,1-2H3/b16-14+. The van der Waals surface area contributed by atoms with Crippen molar-refractivity contribution in [2.45, 2.75) is 58.8 Å². The van der Waals surface area contributed by atoms with Crippen molar-refractivity contribution >= 4 is 0 Å². The zero-order valence-electron chi connectivity index (χ0n) is 11.1. The molecule has 0 spiro atoms. The molecule has 2 aliphatic rings. The van der Waals surface area contributed by atoms with Crippen LogP contribution < -0.4 is 0 Å². The molecular formula is C16H23N. The van der Waals surface area contributed by atoms with Crippen LogP contribution in [-0.4, -0.2) is 0 Å². The van der Waals surface area contributed by atoms with Crippen LogP contribution >= 0.6 is 0 Å². The Morgan fingerprint density at radius 3 is 2.76 bits per heavy atom. The van der Waals surface area contributed by atoms with Crippen LogP contribution in [0, 0.1) is 23.2 Å². The van der Waals surface area contributed by atoms with Crippen LogP contribution in [0.25, 0.3) is 0 Å². The van der Waals surface area contributed by atoms with Gasteiger partial charge in [-0.05, 0) is 55.9 Å². The minimum atomic E-state index is 0.586. The molecule has 1 saturated carbocycles. The molecule has 2 unspecified atom stereocenters. The van der Waals surface area contributed by atoms with E-state index in [1.165, 1.54) is 36.8 Å². The maximum atomic E-state index is 9.49. The maximum Gasteiger partial charge on any atom is 0.0994 e. The Hall–Kier alpha value is -1.03. The fraction of sp³-hybridized carbons (Fsp3) is 0.688. The van der Waals surface area contributed by atoms with Crippen molar-refractivity contribution in [3.8, 4) is 6.07 Å². The van der Waals surface area contributed by atoms with Gasteiger partial charge in [0.15, 0.2) is 0 Å². The maximum absolute atomic E-state index is 9.49. The van der Waals surface area contributed by atoms with Gasteiger partial charge in [0.25, 0.3) is 0 Å². The molecule has 2 aliphatic carbocycles. The van der Waals surface area contributed by atoms with Gasteiger partial charge in [-0.15, -0.1) is 0 Å². The van der Waals surface area contributed by atoms with Crippen molar-refractivity contribution in [1.82, 2.24) is 0 Å². The topological polar surface area (TPSA) is 23.8 Å². The van der Waals surface area contributed by atoms with Crippen LogP contribution in [-0.2, 0) is 0 Å². The highest BCUT2D eigenvalue weighted by atomic mass is 14.3. The van der Waals surface area contributed by atoms with E-state index >= 15 is 0 Å². The molecule has 2 atom stereocenters. The summed E-state index contributed by atoms with van der Waals surface area (Å²) in [6.07, 6.45) is 10.9. The van der Waals surface area contributed by atoms with E-state index in [4.69, 9.17) is 0 Å². The number of hydrogen-bond donors (Lipinski definition) is 0. The van der Waals surface area contributed by atoms with Crippen molar-refractivity contribution in [1.29, 1.82) is 5.26 Å². The number of allylic oxidation sites excluding steroid dienone is 4. The van der Waals surface area contributed by atoms with Crippen molar-refractivity contribution in [2.24, 2.45) is 11.8 Å². The summed E-state index contributed by atoms with van der Waals surface area (Å²) in [5.41, 5.74) is 3.83. The van der Waals surface area contributed by atoms with Crippen LogP contribution in [0.5, 0.6) is 0 Å². The van der Waals surface area contributed by atoms with Gasteiger partial charge in [0.2, 0.25) is 0 Å². The fourth-order valence-corrected chi connectivity index (χ4v) is 3.25. The number of rotatable bonds is 1. The zero-order valence-corrected chi connectivity index (χ0v) is 11.1. The van der Waals surface area contributed by atoms with Gasteiger partial charge >= 0.3 is 0 Å². The van der Waals surface area contributed by atoms with Crippen LogP contribution in [0.4, 0.5) is 0 Å². The van der Waals surface area contributed by atoms with Gasteiger partial charge in [-0.25, -0.2) is 0 Å². The van der Waals surface area contributed by atoms with E-state index in [9.17, 15) is 5.26 Å². The summed E-state index contributed by atoms with van der Waals surface area (Å²) in [6.45, 7) is 4.59. The molecule has 0 N–H and O–H groups in total. The normalized spacial score (nSPS) is 32.6. The van der Waals surface area contributed by atoms with E-state index in [-0.39, 0.29) is 0 Å². The lowest BCUT2D eigenvalue weighted by Gasteiger charge is -2.26. The van der Waals surface area contributed by atoms with E-state index in [0.29, 0.717) is 5.92 Å². The van der Waals surface area contributed by atoms with E-state index in [0.717, 1.165) is 30.8 Å². The molecular weight excluding hydrogens is 206 g/mol. The lowest BCUT2D eigenvalue weighted by molar-refractivity contribution is 0.449. The molecule has 0 aromatic heterocycles. The van der Waals surface area contributed by atoms with Gasteiger partial charge in [-0.1, -0.05) is 31.9 Å². The molecule has 1 fully saturated rings. The molecule has 1 heteroatoms. The Labute approximate surface area is 105 Å². The van der Waals surface area contributed by atoms with E-state index in [1.807, 2.05) is 0 Å². The summed E-state index contributed by atoms with van der Waals surface area (Å²) in [6, 6.07) is 2.50. The van der Waals surface area contributed by atoms with Gasteiger partial charge in [0.1, 0.15) is 0 Å². The summed E-state index contributed by atoms with van der Waals surface area (Å²) in [4.78, 5) is 0. The highest BCUT2D eigenvalue weighted by molar-refractivity contribution is 5.47. The number of nitriles is 1. The molecule has 2 rings (SSSR count). The molecule has 0 bridgehead atoms. The van der Waals surface area contributed by atoms with Gasteiger partial charge in [0, 0.05) is 0 Å². The molecule has 0 aliphatic heterocycles. The van der Waals surface area contributed by atoms with E-state index in [1.54, 1.807) is 0 Å². The van der Waals surface area contributed by atoms with Crippen LogP contribution in [0.2, 0.25) is 0 Å². The second-order valence-electron chi connectivity index (χ2n) is 5.78. The first kappa shape index (κ1) is 12.4. The molecule has 17 heavy (non-hydrogen) atoms. The molecule has 0 aromatic rings. The molecule has 0 aromatic carbocycles. The largest absolute Gasteiger partial charge is 0.192 e. The summed E-state index contributed by atoms with van der Waals surface area (Å²) in [5.74, 6) is 1.35. The number of nitrogens with zero attached hydrogens (tertiary/aromatic N) is 1. The summed E-state index contributed by atoms with van der Waals surface area (Å²) in [5, 5.41) is 9.49. The van der Waals surface area contributed by atoms with Crippen LogP contribution in [0.1, 0.15) is 58.8 Å². The highest BCUT2D eigenvalue weighted by Gasteiger charge is 2.22. The fourth-order valence-electron chi connectivity index (χ4n) is 3.25. The lowest BCUT2D eigenvalue weighted by atomic mass is 9.78. The Balaban J connectivity index is 2.29.